The molecule has 0 atom stereocenters. The molecule has 2 aromatic carbocycles. The zero-order chi connectivity index (χ0) is 16.4. The van der Waals surface area contributed by atoms with Crippen LogP contribution < -0.4 is 4.72 Å². The molecular weight excluding hydrogens is 314 g/mol. The lowest BCUT2D eigenvalue weighted by Crippen LogP contribution is -2.13. The summed E-state index contributed by atoms with van der Waals surface area (Å²) in [6.07, 6.45) is 0. The Morgan fingerprint density at radius 3 is 2.57 bits per heavy atom. The molecule has 1 heterocycles. The molecule has 7 nitrogen and oxygen atoms in total. The van der Waals surface area contributed by atoms with Gasteiger partial charge in [0, 0.05) is 11.3 Å². The molecule has 0 aliphatic carbocycles. The van der Waals surface area contributed by atoms with Gasteiger partial charge in [-0.05, 0) is 54.5 Å². The average molecular weight is 329 g/mol. The first-order chi connectivity index (χ1) is 11.0. The molecule has 1 aromatic heterocycles. The van der Waals surface area contributed by atoms with Gasteiger partial charge in [-0.1, -0.05) is 18.2 Å². The van der Waals surface area contributed by atoms with Crippen LogP contribution in [-0.4, -0.2) is 29.0 Å². The number of aromatic nitrogens is 4. The van der Waals surface area contributed by atoms with Gasteiger partial charge in [-0.3, -0.25) is 4.72 Å². The SMILES string of the molecule is Cc1ccc(S(=O)(=O)Nc2cccc(-c3nn[nH]n3)c2)cc1C. The first kappa shape index (κ1) is 15.2. The third-order valence-corrected chi connectivity index (χ3v) is 4.89. The number of aryl methyl sites for hydroxylation is 2. The van der Waals surface area contributed by atoms with E-state index in [2.05, 4.69) is 25.3 Å². The van der Waals surface area contributed by atoms with Gasteiger partial charge in [-0.2, -0.15) is 5.21 Å². The van der Waals surface area contributed by atoms with Crippen molar-refractivity contribution in [1.82, 2.24) is 20.6 Å². The Bertz CT molecular complexity index is 936. The Kier molecular flexibility index (Phi) is 3.83. The van der Waals surface area contributed by atoms with Crippen LogP contribution in [0.1, 0.15) is 11.1 Å². The molecule has 0 radical (unpaired) electrons. The van der Waals surface area contributed by atoms with E-state index in [4.69, 9.17) is 0 Å². The van der Waals surface area contributed by atoms with Gasteiger partial charge in [0.15, 0.2) is 0 Å². The zero-order valence-electron chi connectivity index (χ0n) is 12.6. The maximum Gasteiger partial charge on any atom is 0.261 e. The van der Waals surface area contributed by atoms with Crippen LogP contribution in [0.4, 0.5) is 5.69 Å². The molecule has 3 rings (SSSR count). The van der Waals surface area contributed by atoms with Crippen molar-refractivity contribution in [3.63, 3.8) is 0 Å². The van der Waals surface area contributed by atoms with Crippen molar-refractivity contribution in [2.24, 2.45) is 0 Å². The number of tetrazole rings is 1. The van der Waals surface area contributed by atoms with Crippen molar-refractivity contribution in [3.05, 3.63) is 53.6 Å². The minimum atomic E-state index is -3.65. The summed E-state index contributed by atoms with van der Waals surface area (Å²) in [6, 6.07) is 11.9. The van der Waals surface area contributed by atoms with Crippen molar-refractivity contribution >= 4 is 15.7 Å². The molecule has 0 aliphatic rings. The maximum absolute atomic E-state index is 12.5. The largest absolute Gasteiger partial charge is 0.280 e. The number of hydrogen-bond acceptors (Lipinski definition) is 5. The van der Waals surface area contributed by atoms with Crippen LogP contribution in [0.5, 0.6) is 0 Å². The van der Waals surface area contributed by atoms with Gasteiger partial charge >= 0.3 is 0 Å². The summed E-state index contributed by atoms with van der Waals surface area (Å²) >= 11 is 0. The van der Waals surface area contributed by atoms with Gasteiger partial charge in [0.05, 0.1) is 4.90 Å². The number of hydrogen-bond donors (Lipinski definition) is 2. The van der Waals surface area contributed by atoms with Gasteiger partial charge in [0.25, 0.3) is 10.0 Å². The van der Waals surface area contributed by atoms with Crippen LogP contribution in [0.15, 0.2) is 47.4 Å². The number of H-pyrrole nitrogens is 1. The number of aromatic amines is 1. The van der Waals surface area contributed by atoms with E-state index in [9.17, 15) is 8.42 Å². The van der Waals surface area contributed by atoms with Crippen molar-refractivity contribution in [2.75, 3.05) is 4.72 Å². The monoisotopic (exact) mass is 329 g/mol. The van der Waals surface area contributed by atoms with E-state index in [-0.39, 0.29) is 4.90 Å². The van der Waals surface area contributed by atoms with Crippen molar-refractivity contribution in [3.8, 4) is 11.4 Å². The van der Waals surface area contributed by atoms with Crippen LogP contribution in [0.2, 0.25) is 0 Å². The lowest BCUT2D eigenvalue weighted by Gasteiger charge is -2.10. The summed E-state index contributed by atoms with van der Waals surface area (Å²) in [5.74, 6) is 0.400. The summed E-state index contributed by atoms with van der Waals surface area (Å²) in [5.41, 5.74) is 3.07. The summed E-state index contributed by atoms with van der Waals surface area (Å²) in [5, 5.41) is 13.6. The second-order valence-corrected chi connectivity index (χ2v) is 6.85. The van der Waals surface area contributed by atoms with E-state index in [1.165, 1.54) is 0 Å². The molecule has 2 N–H and O–H groups in total. The number of nitrogens with zero attached hydrogens (tertiary/aromatic N) is 3. The molecule has 23 heavy (non-hydrogen) atoms. The van der Waals surface area contributed by atoms with Gasteiger partial charge in [-0.25, -0.2) is 8.42 Å². The Balaban J connectivity index is 1.91. The Labute approximate surface area is 133 Å². The smallest absolute Gasteiger partial charge is 0.261 e. The third kappa shape index (κ3) is 3.21. The quantitative estimate of drug-likeness (QED) is 0.765. The van der Waals surface area contributed by atoms with E-state index in [1.54, 1.807) is 42.5 Å². The highest BCUT2D eigenvalue weighted by Gasteiger charge is 2.15. The second kappa shape index (κ2) is 5.81. The standard InChI is InChI=1S/C15H15N5O2S/c1-10-6-7-14(8-11(10)2)23(21,22)18-13-5-3-4-12(9-13)15-16-19-20-17-15/h3-9,18H,1-2H3,(H,16,17,19,20). The molecule has 0 bridgehead atoms. The van der Waals surface area contributed by atoms with Crippen LogP contribution in [0, 0.1) is 13.8 Å². The van der Waals surface area contributed by atoms with Crippen molar-refractivity contribution in [2.45, 2.75) is 18.7 Å². The molecular formula is C15H15N5O2S. The molecule has 0 unspecified atom stereocenters. The predicted octanol–water partition coefficient (Wildman–Crippen LogP) is 2.28. The summed E-state index contributed by atoms with van der Waals surface area (Å²) in [4.78, 5) is 0.227. The Morgan fingerprint density at radius 2 is 1.87 bits per heavy atom. The molecule has 8 heteroatoms. The van der Waals surface area contributed by atoms with E-state index >= 15 is 0 Å². The lowest BCUT2D eigenvalue weighted by atomic mass is 10.1. The second-order valence-electron chi connectivity index (χ2n) is 5.17. The van der Waals surface area contributed by atoms with Gasteiger partial charge in [0.1, 0.15) is 0 Å². The zero-order valence-corrected chi connectivity index (χ0v) is 13.4. The minimum absolute atomic E-state index is 0.227. The number of rotatable bonds is 4. The molecule has 3 aromatic rings. The van der Waals surface area contributed by atoms with E-state index in [0.29, 0.717) is 17.1 Å². The molecule has 0 amide bonds. The van der Waals surface area contributed by atoms with Gasteiger partial charge < -0.3 is 0 Å². The van der Waals surface area contributed by atoms with Crippen LogP contribution in [0.3, 0.4) is 0 Å². The number of anilines is 1. The number of nitrogens with one attached hydrogen (secondary N) is 2. The Hall–Kier alpha value is -2.74. The van der Waals surface area contributed by atoms with Crippen LogP contribution in [0.25, 0.3) is 11.4 Å². The third-order valence-electron chi connectivity index (χ3n) is 3.51. The number of sulfonamides is 1. The van der Waals surface area contributed by atoms with Gasteiger partial charge in [-0.15, -0.1) is 10.2 Å². The van der Waals surface area contributed by atoms with Crippen molar-refractivity contribution < 1.29 is 8.42 Å². The number of benzene rings is 2. The van der Waals surface area contributed by atoms with Crippen molar-refractivity contribution in [1.29, 1.82) is 0 Å². The summed E-state index contributed by atoms with van der Waals surface area (Å²) in [6.45, 7) is 3.82. The highest BCUT2D eigenvalue weighted by molar-refractivity contribution is 7.92. The molecule has 0 spiro atoms. The Morgan fingerprint density at radius 1 is 1.04 bits per heavy atom. The highest BCUT2D eigenvalue weighted by atomic mass is 32.2. The fraction of sp³-hybridized carbons (Fsp3) is 0.133. The molecule has 0 saturated carbocycles. The maximum atomic E-state index is 12.5. The summed E-state index contributed by atoms with van der Waals surface area (Å²) < 4.78 is 27.6. The summed E-state index contributed by atoms with van der Waals surface area (Å²) in [7, 11) is -3.65. The highest BCUT2D eigenvalue weighted by Crippen LogP contribution is 2.22. The molecule has 0 fully saturated rings. The molecule has 118 valence electrons. The lowest BCUT2D eigenvalue weighted by molar-refractivity contribution is 0.601. The topological polar surface area (TPSA) is 101 Å². The fourth-order valence-electron chi connectivity index (χ4n) is 2.10. The van der Waals surface area contributed by atoms with E-state index in [0.717, 1.165) is 11.1 Å². The van der Waals surface area contributed by atoms with E-state index < -0.39 is 10.0 Å². The van der Waals surface area contributed by atoms with Gasteiger partial charge in [0.2, 0.25) is 5.82 Å². The first-order valence-electron chi connectivity index (χ1n) is 6.90. The van der Waals surface area contributed by atoms with E-state index in [1.807, 2.05) is 13.8 Å². The normalized spacial score (nSPS) is 11.4. The first-order valence-corrected chi connectivity index (χ1v) is 8.38. The average Bonchev–Trinajstić information content (AvgIpc) is 3.04. The fourth-order valence-corrected chi connectivity index (χ4v) is 3.24. The van der Waals surface area contributed by atoms with Crippen LogP contribution >= 0.6 is 0 Å². The van der Waals surface area contributed by atoms with Crippen LogP contribution in [-0.2, 0) is 10.0 Å². The minimum Gasteiger partial charge on any atom is -0.280 e. The predicted molar refractivity (Wildman–Crippen MR) is 86.3 cm³/mol. The molecule has 0 saturated heterocycles. The molecule has 0 aliphatic heterocycles.